The van der Waals surface area contributed by atoms with Crippen LogP contribution in [0, 0.1) is 12.9 Å². The number of hydrogen-bond acceptors (Lipinski definition) is 3. The lowest BCUT2D eigenvalue weighted by Gasteiger charge is -2.08. The zero-order valence-electron chi connectivity index (χ0n) is 10.2. The number of halogens is 2. The number of rotatable bonds is 1. The van der Waals surface area contributed by atoms with E-state index in [0.29, 0.717) is 10.1 Å². The molecule has 0 unspecified atom stereocenters. The van der Waals surface area contributed by atoms with Crippen molar-refractivity contribution in [2.45, 2.75) is 6.92 Å². The van der Waals surface area contributed by atoms with Crippen LogP contribution in [-0.4, -0.2) is 19.2 Å². The minimum Gasteiger partial charge on any atom is -0.269 e. The van der Waals surface area contributed by atoms with Gasteiger partial charge in [-0.3, -0.25) is 4.79 Å². The summed E-state index contributed by atoms with van der Waals surface area (Å²) < 4.78 is 16.4. The fraction of sp³-hybridized carbons (Fsp3) is 0.0833. The predicted octanol–water partition coefficient (Wildman–Crippen LogP) is 1.38. The maximum atomic E-state index is 13.7. The minimum absolute atomic E-state index is 0.0956. The van der Waals surface area contributed by atoms with Gasteiger partial charge >= 0.3 is 5.69 Å². The van der Waals surface area contributed by atoms with E-state index in [9.17, 15) is 14.0 Å². The topological polar surface area (TPSA) is 72.2 Å². The lowest BCUT2D eigenvalue weighted by molar-refractivity contribution is 0.552. The minimum atomic E-state index is -0.950. The van der Waals surface area contributed by atoms with Crippen LogP contribution in [0.2, 0.25) is 0 Å². The Kier molecular flexibility index (Phi) is 2.82. The number of fused-ring (bicyclic) bond motifs is 1. The van der Waals surface area contributed by atoms with E-state index >= 15 is 0 Å². The smallest absolute Gasteiger partial charge is 0.269 e. The number of aromatic amines is 1. The Morgan fingerprint density at radius 2 is 2.05 bits per heavy atom. The fourth-order valence-corrected chi connectivity index (χ4v) is 2.22. The highest BCUT2D eigenvalue weighted by molar-refractivity contribution is 9.10. The highest BCUT2D eigenvalue weighted by Gasteiger charge is 2.14. The van der Waals surface area contributed by atoms with Crippen molar-refractivity contribution in [2.75, 3.05) is 0 Å². The van der Waals surface area contributed by atoms with Crippen LogP contribution in [0.25, 0.3) is 11.5 Å². The van der Waals surface area contributed by atoms with Crippen molar-refractivity contribution in [3.05, 3.63) is 61.1 Å². The van der Waals surface area contributed by atoms with Crippen LogP contribution in [0.3, 0.4) is 0 Å². The molecule has 3 aromatic rings. The van der Waals surface area contributed by atoms with Crippen LogP contribution < -0.4 is 11.2 Å². The van der Waals surface area contributed by atoms with Crippen LogP contribution in [0.5, 0.6) is 0 Å². The SMILES string of the molecule is Cc1cc(-n2c(=O)cc(F)n3c(=O)[nH]nc23)ccc1Br. The number of hydrogen-bond donors (Lipinski definition) is 1. The first-order valence-electron chi connectivity index (χ1n) is 5.64. The first-order valence-corrected chi connectivity index (χ1v) is 6.43. The zero-order chi connectivity index (χ0) is 14.4. The van der Waals surface area contributed by atoms with E-state index in [1.807, 2.05) is 6.92 Å². The summed E-state index contributed by atoms with van der Waals surface area (Å²) in [4.78, 5) is 23.5. The number of nitrogens with zero attached hydrogens (tertiary/aromatic N) is 3. The van der Waals surface area contributed by atoms with E-state index in [0.717, 1.165) is 16.1 Å². The van der Waals surface area contributed by atoms with Crippen LogP contribution in [0.4, 0.5) is 4.39 Å². The summed E-state index contributed by atoms with van der Waals surface area (Å²) >= 11 is 3.36. The van der Waals surface area contributed by atoms with Crippen molar-refractivity contribution in [1.82, 2.24) is 19.2 Å². The van der Waals surface area contributed by atoms with Gasteiger partial charge in [0.05, 0.1) is 11.8 Å². The molecule has 6 nitrogen and oxygen atoms in total. The summed E-state index contributed by atoms with van der Waals surface area (Å²) in [6, 6.07) is 5.93. The summed E-state index contributed by atoms with van der Waals surface area (Å²) in [6.45, 7) is 1.86. The van der Waals surface area contributed by atoms with Gasteiger partial charge in [-0.05, 0) is 30.7 Å². The van der Waals surface area contributed by atoms with E-state index < -0.39 is 17.2 Å². The van der Waals surface area contributed by atoms with Gasteiger partial charge in [0.1, 0.15) is 0 Å². The summed E-state index contributed by atoms with van der Waals surface area (Å²) in [5.74, 6) is -1.05. The fourth-order valence-electron chi connectivity index (χ4n) is 1.97. The van der Waals surface area contributed by atoms with E-state index in [1.165, 1.54) is 4.57 Å². The quantitative estimate of drug-likeness (QED) is 0.681. The van der Waals surface area contributed by atoms with Gasteiger partial charge in [-0.25, -0.2) is 18.9 Å². The van der Waals surface area contributed by atoms with Gasteiger partial charge in [0, 0.05) is 4.47 Å². The Morgan fingerprint density at radius 3 is 2.75 bits per heavy atom. The normalized spacial score (nSPS) is 11.2. The third-order valence-corrected chi connectivity index (χ3v) is 3.82. The lowest BCUT2D eigenvalue weighted by Crippen LogP contribution is -2.25. The van der Waals surface area contributed by atoms with Crippen molar-refractivity contribution in [3.8, 4) is 5.69 Å². The molecule has 0 spiro atoms. The van der Waals surface area contributed by atoms with E-state index in [4.69, 9.17) is 0 Å². The molecule has 0 saturated heterocycles. The van der Waals surface area contributed by atoms with Crippen LogP contribution in [0.15, 0.2) is 38.3 Å². The third-order valence-electron chi connectivity index (χ3n) is 2.93. The second-order valence-corrected chi connectivity index (χ2v) is 5.09. The van der Waals surface area contributed by atoms with E-state index in [-0.39, 0.29) is 5.78 Å². The average molecular weight is 339 g/mol. The number of benzene rings is 1. The average Bonchev–Trinajstić information content (AvgIpc) is 2.76. The van der Waals surface area contributed by atoms with E-state index in [2.05, 4.69) is 26.1 Å². The summed E-state index contributed by atoms with van der Waals surface area (Å²) in [5.41, 5.74) is 0.0604. The Labute approximate surface area is 119 Å². The van der Waals surface area contributed by atoms with Gasteiger partial charge in [0.2, 0.25) is 11.7 Å². The molecule has 2 heterocycles. The van der Waals surface area contributed by atoms with E-state index in [1.54, 1.807) is 18.2 Å². The van der Waals surface area contributed by atoms with Crippen molar-refractivity contribution in [3.63, 3.8) is 0 Å². The van der Waals surface area contributed by atoms with Gasteiger partial charge in [-0.15, -0.1) is 5.10 Å². The van der Waals surface area contributed by atoms with Gasteiger partial charge in [0.15, 0.2) is 0 Å². The molecule has 102 valence electrons. The molecule has 0 amide bonds. The van der Waals surface area contributed by atoms with Crippen molar-refractivity contribution in [2.24, 2.45) is 0 Å². The van der Waals surface area contributed by atoms with Gasteiger partial charge < -0.3 is 0 Å². The molecule has 0 aliphatic heterocycles. The Hall–Kier alpha value is -2.22. The first-order chi connectivity index (χ1) is 9.49. The molecule has 1 N–H and O–H groups in total. The van der Waals surface area contributed by atoms with Crippen LogP contribution in [0.1, 0.15) is 5.56 Å². The molecule has 0 aliphatic carbocycles. The second-order valence-electron chi connectivity index (χ2n) is 4.24. The summed E-state index contributed by atoms with van der Waals surface area (Å²) in [6.07, 6.45) is 0. The van der Waals surface area contributed by atoms with Crippen molar-refractivity contribution in [1.29, 1.82) is 0 Å². The number of aromatic nitrogens is 4. The van der Waals surface area contributed by atoms with Crippen LogP contribution >= 0.6 is 15.9 Å². The Bertz CT molecular complexity index is 941. The Morgan fingerprint density at radius 1 is 1.30 bits per heavy atom. The number of H-pyrrole nitrogens is 1. The molecule has 8 heteroatoms. The molecule has 0 radical (unpaired) electrons. The summed E-state index contributed by atoms with van der Waals surface area (Å²) in [7, 11) is 0. The first kappa shape index (κ1) is 12.8. The molecule has 3 rings (SSSR count). The molecule has 1 aromatic carbocycles. The molecule has 0 atom stereocenters. The maximum absolute atomic E-state index is 13.7. The van der Waals surface area contributed by atoms with Crippen molar-refractivity contribution >= 4 is 21.7 Å². The molecular formula is C12H8BrFN4O2. The number of nitrogens with one attached hydrogen (secondary N) is 1. The number of aryl methyl sites for hydroxylation is 1. The summed E-state index contributed by atoms with van der Waals surface area (Å²) in [5, 5.41) is 5.83. The van der Waals surface area contributed by atoms with Gasteiger partial charge in [-0.1, -0.05) is 15.9 Å². The molecule has 20 heavy (non-hydrogen) atoms. The maximum Gasteiger partial charge on any atom is 0.351 e. The zero-order valence-corrected chi connectivity index (χ0v) is 11.8. The largest absolute Gasteiger partial charge is 0.351 e. The highest BCUT2D eigenvalue weighted by Crippen LogP contribution is 2.19. The standard InChI is InChI=1S/C12H8BrFN4O2/c1-6-4-7(2-3-8(6)13)17-10(19)5-9(14)18-11(17)15-16-12(18)20/h2-5H,1H3,(H,16,20). The molecular weight excluding hydrogens is 331 g/mol. The van der Waals surface area contributed by atoms with Crippen molar-refractivity contribution < 1.29 is 4.39 Å². The lowest BCUT2D eigenvalue weighted by atomic mass is 10.2. The molecule has 0 saturated carbocycles. The molecule has 2 aromatic heterocycles. The molecule has 0 fully saturated rings. The third kappa shape index (κ3) is 1.80. The monoisotopic (exact) mass is 338 g/mol. The Balaban J connectivity index is 2.44. The van der Waals surface area contributed by atoms with Gasteiger partial charge in [-0.2, -0.15) is 4.39 Å². The molecule has 0 bridgehead atoms. The van der Waals surface area contributed by atoms with Gasteiger partial charge in [0.25, 0.3) is 5.56 Å². The molecule has 0 aliphatic rings. The predicted molar refractivity (Wildman–Crippen MR) is 73.8 cm³/mol. The van der Waals surface area contributed by atoms with Crippen LogP contribution in [-0.2, 0) is 0 Å². The second kappa shape index (κ2) is 4.41. The highest BCUT2D eigenvalue weighted by atomic mass is 79.9.